The molecule has 70 valence electrons. The Hall–Kier alpha value is -0.810. The van der Waals surface area contributed by atoms with Gasteiger partial charge in [-0.25, -0.2) is 4.79 Å². The fraction of sp³-hybridized carbons (Fsp3) is 0.857. The summed E-state index contributed by atoms with van der Waals surface area (Å²) in [6.07, 6.45) is -0.378. The van der Waals surface area contributed by atoms with Crippen LogP contribution in [0.5, 0.6) is 0 Å². The van der Waals surface area contributed by atoms with Crippen LogP contribution >= 0.6 is 0 Å². The molecule has 5 heteroatoms. The average molecular weight is 175 g/mol. The molecule has 5 nitrogen and oxygen atoms in total. The van der Waals surface area contributed by atoms with E-state index < -0.39 is 6.09 Å². The molecule has 1 amide bonds. The molecule has 1 rings (SSSR count). The number of ether oxygens (including phenoxy) is 2. The van der Waals surface area contributed by atoms with Crippen molar-refractivity contribution in [1.82, 2.24) is 4.90 Å². The van der Waals surface area contributed by atoms with Gasteiger partial charge in [-0.3, -0.25) is 4.90 Å². The van der Waals surface area contributed by atoms with E-state index in [1.807, 2.05) is 0 Å². The third-order valence-electron chi connectivity index (χ3n) is 1.81. The zero-order chi connectivity index (χ0) is 8.97. The smallest absolute Gasteiger partial charge is 0.409 e. The minimum Gasteiger partial charge on any atom is -0.465 e. The molecule has 1 aliphatic heterocycles. The van der Waals surface area contributed by atoms with Crippen LogP contribution in [0.15, 0.2) is 0 Å². The molecule has 0 aromatic carbocycles. The normalized spacial score (nSPS) is 22.1. The molecule has 1 saturated heterocycles. The maximum atomic E-state index is 10.4. The summed E-state index contributed by atoms with van der Waals surface area (Å²) in [5, 5.41) is 8.57. The predicted molar refractivity (Wildman–Crippen MR) is 41.0 cm³/mol. The van der Waals surface area contributed by atoms with Crippen molar-refractivity contribution in [2.45, 2.75) is 12.6 Å². The minimum absolute atomic E-state index is 0.252. The maximum absolute atomic E-state index is 10.4. The van der Waals surface area contributed by atoms with Crippen molar-refractivity contribution in [1.29, 1.82) is 0 Å². The summed E-state index contributed by atoms with van der Waals surface area (Å²) in [5.41, 5.74) is 0. The summed E-state index contributed by atoms with van der Waals surface area (Å²) in [5.74, 6) is 0. The van der Waals surface area contributed by atoms with E-state index in [4.69, 9.17) is 14.6 Å². The van der Waals surface area contributed by atoms with E-state index >= 15 is 0 Å². The Morgan fingerprint density at radius 2 is 2.42 bits per heavy atom. The van der Waals surface area contributed by atoms with Gasteiger partial charge in [0.25, 0.3) is 0 Å². The van der Waals surface area contributed by atoms with E-state index in [-0.39, 0.29) is 6.23 Å². The van der Waals surface area contributed by atoms with Gasteiger partial charge in [-0.15, -0.1) is 0 Å². The van der Waals surface area contributed by atoms with Gasteiger partial charge in [-0.05, 0) is 0 Å². The Morgan fingerprint density at radius 3 is 2.83 bits per heavy atom. The molecule has 0 aromatic rings. The quantitative estimate of drug-likeness (QED) is 0.627. The Kier molecular flexibility index (Phi) is 3.31. The van der Waals surface area contributed by atoms with Crippen molar-refractivity contribution in [3.05, 3.63) is 0 Å². The number of rotatable bonds is 4. The third kappa shape index (κ3) is 2.09. The highest BCUT2D eigenvalue weighted by molar-refractivity contribution is 5.66. The molecule has 0 saturated carbocycles. The van der Waals surface area contributed by atoms with Crippen LogP contribution in [-0.4, -0.2) is 49.2 Å². The van der Waals surface area contributed by atoms with Gasteiger partial charge in [0, 0.05) is 20.1 Å². The number of hydrogen-bond acceptors (Lipinski definition) is 3. The van der Waals surface area contributed by atoms with Crippen LogP contribution in [0.4, 0.5) is 4.79 Å². The second kappa shape index (κ2) is 4.27. The molecule has 1 atom stereocenters. The Balaban J connectivity index is 2.12. The maximum Gasteiger partial charge on any atom is 0.409 e. The van der Waals surface area contributed by atoms with Crippen LogP contribution in [0.25, 0.3) is 0 Å². The van der Waals surface area contributed by atoms with Crippen molar-refractivity contribution < 1.29 is 19.4 Å². The predicted octanol–water partition coefficient (Wildman–Crippen LogP) is 0.359. The molecule has 1 heterocycles. The fourth-order valence-electron chi connectivity index (χ4n) is 1.02. The zero-order valence-electron chi connectivity index (χ0n) is 7.02. The SMILES string of the molecule is COCCOC1CCN1C(=O)O. The summed E-state index contributed by atoms with van der Waals surface area (Å²) < 4.78 is 9.98. The Morgan fingerprint density at radius 1 is 1.67 bits per heavy atom. The van der Waals surface area contributed by atoms with E-state index in [0.717, 1.165) is 6.42 Å². The van der Waals surface area contributed by atoms with E-state index in [0.29, 0.717) is 19.8 Å². The van der Waals surface area contributed by atoms with Crippen molar-refractivity contribution >= 4 is 6.09 Å². The Bertz CT molecular complexity index is 161. The largest absolute Gasteiger partial charge is 0.465 e. The summed E-state index contributed by atoms with van der Waals surface area (Å²) in [7, 11) is 1.58. The van der Waals surface area contributed by atoms with Gasteiger partial charge in [-0.1, -0.05) is 0 Å². The van der Waals surface area contributed by atoms with E-state index in [9.17, 15) is 4.79 Å². The molecule has 0 bridgehead atoms. The van der Waals surface area contributed by atoms with E-state index in [2.05, 4.69) is 0 Å². The molecule has 0 aliphatic carbocycles. The average Bonchev–Trinajstić information content (AvgIpc) is 1.94. The minimum atomic E-state index is -0.913. The van der Waals surface area contributed by atoms with Crippen LogP contribution in [0.2, 0.25) is 0 Å². The molecule has 0 spiro atoms. The first-order valence-electron chi connectivity index (χ1n) is 3.86. The highest BCUT2D eigenvalue weighted by atomic mass is 16.5. The number of nitrogens with zero attached hydrogens (tertiary/aromatic N) is 1. The lowest BCUT2D eigenvalue weighted by atomic mass is 10.2. The highest BCUT2D eigenvalue weighted by Gasteiger charge is 2.32. The molecule has 0 radical (unpaired) electrons. The fourth-order valence-corrected chi connectivity index (χ4v) is 1.02. The van der Waals surface area contributed by atoms with Crippen molar-refractivity contribution in [2.24, 2.45) is 0 Å². The summed E-state index contributed by atoms with van der Waals surface area (Å²) >= 11 is 0. The number of amides is 1. The monoisotopic (exact) mass is 175 g/mol. The molecule has 1 fully saturated rings. The van der Waals surface area contributed by atoms with Crippen molar-refractivity contribution in [3.8, 4) is 0 Å². The number of carboxylic acid groups (broad SMARTS) is 1. The lowest BCUT2D eigenvalue weighted by Gasteiger charge is -2.37. The van der Waals surface area contributed by atoms with Gasteiger partial charge in [0.05, 0.1) is 13.2 Å². The Labute approximate surface area is 70.9 Å². The highest BCUT2D eigenvalue weighted by Crippen LogP contribution is 2.17. The van der Waals surface area contributed by atoms with Gasteiger partial charge in [0.1, 0.15) is 6.23 Å². The van der Waals surface area contributed by atoms with Gasteiger partial charge in [0.2, 0.25) is 0 Å². The van der Waals surface area contributed by atoms with Gasteiger partial charge in [-0.2, -0.15) is 0 Å². The second-order valence-electron chi connectivity index (χ2n) is 2.58. The molecule has 1 N–H and O–H groups in total. The van der Waals surface area contributed by atoms with Gasteiger partial charge in [0.15, 0.2) is 0 Å². The van der Waals surface area contributed by atoms with Crippen molar-refractivity contribution in [3.63, 3.8) is 0 Å². The first-order chi connectivity index (χ1) is 5.75. The number of carbonyl (C=O) groups is 1. The van der Waals surface area contributed by atoms with Crippen LogP contribution in [0, 0.1) is 0 Å². The molecule has 1 aliphatic rings. The van der Waals surface area contributed by atoms with Crippen LogP contribution in [0.1, 0.15) is 6.42 Å². The first-order valence-corrected chi connectivity index (χ1v) is 3.86. The van der Waals surface area contributed by atoms with Gasteiger partial charge < -0.3 is 14.6 Å². The van der Waals surface area contributed by atoms with Crippen LogP contribution in [-0.2, 0) is 9.47 Å². The third-order valence-corrected chi connectivity index (χ3v) is 1.81. The molecule has 12 heavy (non-hydrogen) atoms. The number of hydrogen-bond donors (Lipinski definition) is 1. The number of methoxy groups -OCH3 is 1. The topological polar surface area (TPSA) is 59.0 Å². The lowest BCUT2D eigenvalue weighted by Crippen LogP contribution is -2.52. The zero-order valence-corrected chi connectivity index (χ0v) is 7.02. The molecular formula is C7H13NO4. The summed E-state index contributed by atoms with van der Waals surface area (Å²) in [6, 6.07) is 0. The van der Waals surface area contributed by atoms with Crippen molar-refractivity contribution in [2.75, 3.05) is 26.9 Å². The first kappa shape index (κ1) is 9.28. The van der Waals surface area contributed by atoms with Gasteiger partial charge >= 0.3 is 6.09 Å². The van der Waals surface area contributed by atoms with E-state index in [1.165, 1.54) is 4.90 Å². The van der Waals surface area contributed by atoms with E-state index in [1.54, 1.807) is 7.11 Å². The summed E-state index contributed by atoms with van der Waals surface area (Å²) in [6.45, 7) is 1.53. The summed E-state index contributed by atoms with van der Waals surface area (Å²) in [4.78, 5) is 11.7. The molecule has 1 unspecified atom stereocenters. The second-order valence-corrected chi connectivity index (χ2v) is 2.58. The standard InChI is InChI=1S/C7H13NO4/c1-11-4-5-12-6-2-3-8(6)7(9)10/h6H,2-5H2,1H3,(H,9,10). The van der Waals surface area contributed by atoms with Crippen LogP contribution in [0.3, 0.4) is 0 Å². The number of likely N-dealkylation sites (tertiary alicyclic amines) is 1. The molecule has 0 aromatic heterocycles. The molecular weight excluding hydrogens is 162 g/mol. The lowest BCUT2D eigenvalue weighted by molar-refractivity contribution is -0.113. The van der Waals surface area contributed by atoms with Crippen LogP contribution < -0.4 is 0 Å².